The van der Waals surface area contributed by atoms with Gasteiger partial charge in [0, 0.05) is 5.56 Å². The first-order valence-corrected chi connectivity index (χ1v) is 4.49. The van der Waals surface area contributed by atoms with E-state index in [2.05, 4.69) is 0 Å². The quantitative estimate of drug-likeness (QED) is 0.631. The molecule has 3 heteroatoms. The largest absolute Gasteiger partial charge is 0.438 e. The Bertz CT molecular complexity index is 431. The Labute approximate surface area is 81.9 Å². The molecule has 2 rings (SSSR count). The van der Waals surface area contributed by atoms with Crippen molar-refractivity contribution in [3.8, 4) is 6.07 Å². The smallest absolute Gasteiger partial charge is 0.340 e. The van der Waals surface area contributed by atoms with Gasteiger partial charge in [-0.25, -0.2) is 4.79 Å². The summed E-state index contributed by atoms with van der Waals surface area (Å²) in [5.41, 5.74) is 2.31. The molecule has 70 valence electrons. The van der Waals surface area contributed by atoms with Gasteiger partial charge in [0.1, 0.15) is 6.07 Å². The van der Waals surface area contributed by atoms with Crippen molar-refractivity contribution < 1.29 is 9.53 Å². The first-order valence-electron chi connectivity index (χ1n) is 4.49. The number of esters is 1. The minimum atomic E-state index is -0.719. The van der Waals surface area contributed by atoms with Gasteiger partial charge in [-0.05, 0) is 18.1 Å². The van der Waals surface area contributed by atoms with E-state index in [0.717, 1.165) is 12.0 Å². The number of aryl methyl sites for hydroxylation is 1. The molecule has 0 bridgehead atoms. The molecular formula is C11H9NO2. The fourth-order valence-corrected chi connectivity index (χ4v) is 1.56. The first-order chi connectivity index (χ1) is 6.76. The van der Waals surface area contributed by atoms with Crippen LogP contribution in [0.2, 0.25) is 0 Å². The van der Waals surface area contributed by atoms with Gasteiger partial charge >= 0.3 is 5.97 Å². The van der Waals surface area contributed by atoms with Crippen molar-refractivity contribution in [1.82, 2.24) is 0 Å². The highest BCUT2D eigenvalue weighted by Gasteiger charge is 2.30. The van der Waals surface area contributed by atoms with Crippen LogP contribution in [0.25, 0.3) is 0 Å². The molecule has 0 saturated heterocycles. The summed E-state index contributed by atoms with van der Waals surface area (Å²) >= 11 is 0. The summed E-state index contributed by atoms with van der Waals surface area (Å²) in [6, 6.07) is 7.47. The van der Waals surface area contributed by atoms with Crippen LogP contribution in [-0.2, 0) is 11.2 Å². The highest BCUT2D eigenvalue weighted by molar-refractivity contribution is 5.94. The van der Waals surface area contributed by atoms with E-state index >= 15 is 0 Å². The van der Waals surface area contributed by atoms with Crippen molar-refractivity contribution in [2.24, 2.45) is 0 Å². The topological polar surface area (TPSA) is 50.1 Å². The van der Waals surface area contributed by atoms with E-state index in [1.54, 1.807) is 12.1 Å². The second-order valence-electron chi connectivity index (χ2n) is 3.19. The number of rotatable bonds is 1. The number of benzene rings is 1. The molecule has 1 aromatic carbocycles. The Kier molecular flexibility index (Phi) is 1.97. The summed E-state index contributed by atoms with van der Waals surface area (Å²) in [6.45, 7) is 2.02. The second-order valence-corrected chi connectivity index (χ2v) is 3.19. The lowest BCUT2D eigenvalue weighted by Gasteiger charge is -2.00. The number of hydrogen-bond acceptors (Lipinski definition) is 3. The van der Waals surface area contributed by atoms with Gasteiger partial charge in [0.15, 0.2) is 0 Å². The number of hydrogen-bond donors (Lipinski definition) is 0. The predicted octanol–water partition coefficient (Wildman–Crippen LogP) is 1.98. The monoisotopic (exact) mass is 187 g/mol. The predicted molar refractivity (Wildman–Crippen MR) is 49.6 cm³/mol. The molecule has 1 unspecified atom stereocenters. The van der Waals surface area contributed by atoms with Gasteiger partial charge in [-0.3, -0.25) is 0 Å². The van der Waals surface area contributed by atoms with Crippen molar-refractivity contribution in [1.29, 1.82) is 5.26 Å². The van der Waals surface area contributed by atoms with Gasteiger partial charge < -0.3 is 4.74 Å². The molecule has 1 aliphatic rings. The van der Waals surface area contributed by atoms with Crippen molar-refractivity contribution in [2.45, 2.75) is 19.4 Å². The molecule has 0 fully saturated rings. The second kappa shape index (κ2) is 3.15. The molecule has 0 N–H and O–H groups in total. The van der Waals surface area contributed by atoms with Crippen molar-refractivity contribution >= 4 is 5.97 Å². The van der Waals surface area contributed by atoms with Crippen molar-refractivity contribution in [3.63, 3.8) is 0 Å². The fraction of sp³-hybridized carbons (Fsp3) is 0.273. The molecule has 1 aliphatic heterocycles. The summed E-state index contributed by atoms with van der Waals surface area (Å²) in [7, 11) is 0. The highest BCUT2D eigenvalue weighted by Crippen LogP contribution is 2.30. The third-order valence-corrected chi connectivity index (χ3v) is 2.37. The standard InChI is InChI=1S/C11H9NO2/c1-2-7-3-4-8-9(5-7)11(13)14-10(8)6-12/h3-5,10H,2H2,1H3. The van der Waals surface area contributed by atoms with Crippen LogP contribution in [0.15, 0.2) is 18.2 Å². The highest BCUT2D eigenvalue weighted by atomic mass is 16.5. The lowest BCUT2D eigenvalue weighted by Crippen LogP contribution is -1.95. The lowest BCUT2D eigenvalue weighted by molar-refractivity contribution is 0.0478. The zero-order valence-corrected chi connectivity index (χ0v) is 7.78. The molecule has 1 atom stereocenters. The number of cyclic esters (lactones) is 1. The zero-order chi connectivity index (χ0) is 10.1. The van der Waals surface area contributed by atoms with Crippen LogP contribution in [0.3, 0.4) is 0 Å². The molecule has 0 aliphatic carbocycles. The number of fused-ring (bicyclic) bond motifs is 1. The number of nitriles is 1. The summed E-state index contributed by atoms with van der Waals surface area (Å²) in [4.78, 5) is 11.3. The van der Waals surface area contributed by atoms with Crippen molar-refractivity contribution in [2.75, 3.05) is 0 Å². The van der Waals surface area contributed by atoms with Crippen LogP contribution >= 0.6 is 0 Å². The molecule has 0 aromatic heterocycles. The van der Waals surface area contributed by atoms with Gasteiger partial charge in [0.05, 0.1) is 5.56 Å². The molecule has 0 spiro atoms. The third kappa shape index (κ3) is 1.16. The summed E-state index contributed by atoms with van der Waals surface area (Å²) < 4.78 is 4.88. The van der Waals surface area contributed by atoms with E-state index < -0.39 is 6.10 Å². The summed E-state index contributed by atoms with van der Waals surface area (Å²) in [5.74, 6) is -0.387. The van der Waals surface area contributed by atoms with Gasteiger partial charge in [0.25, 0.3) is 0 Å². The van der Waals surface area contributed by atoms with Crippen LogP contribution in [0.4, 0.5) is 0 Å². The van der Waals surface area contributed by atoms with Crippen LogP contribution in [0.1, 0.15) is 34.5 Å². The van der Waals surface area contributed by atoms with Crippen LogP contribution < -0.4 is 0 Å². The normalized spacial score (nSPS) is 18.6. The van der Waals surface area contributed by atoms with Crippen molar-refractivity contribution in [3.05, 3.63) is 34.9 Å². The summed E-state index contributed by atoms with van der Waals surface area (Å²) in [6.07, 6.45) is 0.154. The minimum absolute atomic E-state index is 0.387. The van der Waals surface area contributed by atoms with E-state index in [1.807, 2.05) is 19.1 Å². The maximum atomic E-state index is 11.3. The lowest BCUT2D eigenvalue weighted by atomic mass is 10.0. The minimum Gasteiger partial charge on any atom is -0.438 e. The van der Waals surface area contributed by atoms with E-state index in [9.17, 15) is 4.79 Å². The Hall–Kier alpha value is -1.82. The first kappa shape index (κ1) is 8.76. The van der Waals surface area contributed by atoms with Crippen LogP contribution in [0, 0.1) is 11.3 Å². The van der Waals surface area contributed by atoms with E-state index in [-0.39, 0.29) is 5.97 Å². The molecular weight excluding hydrogens is 178 g/mol. The molecule has 1 aromatic rings. The van der Waals surface area contributed by atoms with E-state index in [4.69, 9.17) is 10.00 Å². The average Bonchev–Trinajstić information content (AvgIpc) is 2.55. The van der Waals surface area contributed by atoms with Gasteiger partial charge in [0.2, 0.25) is 6.10 Å². The Morgan fingerprint density at radius 1 is 1.57 bits per heavy atom. The maximum Gasteiger partial charge on any atom is 0.340 e. The number of carbonyl (C=O) groups excluding carboxylic acids is 1. The van der Waals surface area contributed by atoms with Gasteiger partial charge in [-0.2, -0.15) is 5.26 Å². The fourth-order valence-electron chi connectivity index (χ4n) is 1.56. The zero-order valence-electron chi connectivity index (χ0n) is 7.78. The Balaban J connectivity index is 2.53. The molecule has 1 heterocycles. The van der Waals surface area contributed by atoms with Gasteiger partial charge in [-0.1, -0.05) is 19.1 Å². The third-order valence-electron chi connectivity index (χ3n) is 2.37. The maximum absolute atomic E-state index is 11.3. The number of carbonyl (C=O) groups is 1. The molecule has 0 radical (unpaired) electrons. The molecule has 0 amide bonds. The molecule has 14 heavy (non-hydrogen) atoms. The number of nitrogens with zero attached hydrogens (tertiary/aromatic N) is 1. The Morgan fingerprint density at radius 3 is 3.00 bits per heavy atom. The SMILES string of the molecule is CCc1ccc2c(c1)C(=O)OC2C#N. The Morgan fingerprint density at radius 2 is 2.36 bits per heavy atom. The average molecular weight is 187 g/mol. The molecule has 3 nitrogen and oxygen atoms in total. The number of ether oxygens (including phenoxy) is 1. The van der Waals surface area contributed by atoms with Crippen LogP contribution in [0.5, 0.6) is 0 Å². The van der Waals surface area contributed by atoms with Gasteiger partial charge in [-0.15, -0.1) is 0 Å². The summed E-state index contributed by atoms with van der Waals surface area (Å²) in [5, 5.41) is 8.73. The van der Waals surface area contributed by atoms with E-state index in [0.29, 0.717) is 11.1 Å². The molecule has 0 saturated carbocycles. The van der Waals surface area contributed by atoms with E-state index in [1.165, 1.54) is 0 Å². The van der Waals surface area contributed by atoms with Crippen LogP contribution in [-0.4, -0.2) is 5.97 Å².